The number of anilines is 3. The van der Waals surface area contributed by atoms with Crippen molar-refractivity contribution >= 4 is 28.9 Å². The number of esters is 1. The second-order valence-corrected chi connectivity index (χ2v) is 7.16. The third-order valence-corrected chi connectivity index (χ3v) is 5.07. The molecular formula is C22H27N3O3. The standard InChI is InChI=1S/C22H27N3O3/c1-16-11-13-25(14-12-16)18-9-7-17(8-10-18)24-21(26)15-23-20-6-4-3-5-19(20)22(27)28-2/h3-10,16,23H,11-15H2,1-2H3,(H,24,26). The molecule has 148 valence electrons. The van der Waals surface area contributed by atoms with Crippen molar-refractivity contribution in [2.24, 2.45) is 5.92 Å². The molecule has 2 aromatic carbocycles. The van der Waals surface area contributed by atoms with Gasteiger partial charge < -0.3 is 20.3 Å². The molecular weight excluding hydrogens is 354 g/mol. The Morgan fingerprint density at radius 3 is 2.43 bits per heavy atom. The van der Waals surface area contributed by atoms with Gasteiger partial charge in [0.05, 0.1) is 19.2 Å². The van der Waals surface area contributed by atoms with Gasteiger partial charge in [-0.3, -0.25) is 4.79 Å². The molecule has 0 aromatic heterocycles. The number of rotatable bonds is 6. The number of amides is 1. The number of para-hydroxylation sites is 1. The van der Waals surface area contributed by atoms with Crippen LogP contribution < -0.4 is 15.5 Å². The summed E-state index contributed by atoms with van der Waals surface area (Å²) in [6.45, 7) is 4.51. The van der Waals surface area contributed by atoms with Gasteiger partial charge in [0.15, 0.2) is 0 Å². The fourth-order valence-electron chi connectivity index (χ4n) is 3.33. The van der Waals surface area contributed by atoms with Crippen LogP contribution in [0.5, 0.6) is 0 Å². The van der Waals surface area contributed by atoms with Gasteiger partial charge in [0.25, 0.3) is 0 Å². The summed E-state index contributed by atoms with van der Waals surface area (Å²) in [7, 11) is 1.33. The highest BCUT2D eigenvalue weighted by Crippen LogP contribution is 2.24. The SMILES string of the molecule is COC(=O)c1ccccc1NCC(=O)Nc1ccc(N2CCC(C)CC2)cc1. The fourth-order valence-corrected chi connectivity index (χ4v) is 3.33. The normalized spacial score (nSPS) is 14.4. The van der Waals surface area contributed by atoms with E-state index in [0.717, 1.165) is 24.7 Å². The molecule has 2 N–H and O–H groups in total. The maximum absolute atomic E-state index is 12.3. The summed E-state index contributed by atoms with van der Waals surface area (Å²) < 4.78 is 4.76. The Kier molecular flexibility index (Phi) is 6.53. The topological polar surface area (TPSA) is 70.7 Å². The fraction of sp³-hybridized carbons (Fsp3) is 0.364. The van der Waals surface area contributed by atoms with Crippen LogP contribution in [-0.4, -0.2) is 38.6 Å². The Balaban J connectivity index is 1.53. The van der Waals surface area contributed by atoms with Crippen LogP contribution in [0.1, 0.15) is 30.1 Å². The van der Waals surface area contributed by atoms with Crippen LogP contribution in [0.25, 0.3) is 0 Å². The van der Waals surface area contributed by atoms with E-state index in [0.29, 0.717) is 11.3 Å². The molecule has 3 rings (SSSR count). The summed E-state index contributed by atoms with van der Waals surface area (Å²) in [6.07, 6.45) is 2.44. The number of methoxy groups -OCH3 is 1. The van der Waals surface area contributed by atoms with Crippen LogP contribution in [-0.2, 0) is 9.53 Å². The average Bonchev–Trinajstić information content (AvgIpc) is 2.73. The molecule has 1 heterocycles. The zero-order valence-electron chi connectivity index (χ0n) is 16.4. The highest BCUT2D eigenvalue weighted by Gasteiger charge is 2.16. The number of carbonyl (C=O) groups excluding carboxylic acids is 2. The molecule has 6 heteroatoms. The highest BCUT2D eigenvalue weighted by atomic mass is 16.5. The minimum absolute atomic E-state index is 0.0553. The summed E-state index contributed by atoms with van der Waals surface area (Å²) in [4.78, 5) is 26.4. The van der Waals surface area contributed by atoms with E-state index in [1.807, 2.05) is 24.3 Å². The summed E-state index contributed by atoms with van der Waals surface area (Å²) in [5.74, 6) is 0.178. The van der Waals surface area contributed by atoms with Gasteiger partial charge in [-0.15, -0.1) is 0 Å². The Morgan fingerprint density at radius 2 is 1.75 bits per heavy atom. The van der Waals surface area contributed by atoms with Crippen LogP contribution in [0, 0.1) is 5.92 Å². The van der Waals surface area contributed by atoms with E-state index in [2.05, 4.69) is 22.5 Å². The molecule has 1 aliphatic rings. The predicted molar refractivity (Wildman–Crippen MR) is 112 cm³/mol. The monoisotopic (exact) mass is 381 g/mol. The lowest BCUT2D eigenvalue weighted by molar-refractivity contribution is -0.114. The number of hydrogen-bond acceptors (Lipinski definition) is 5. The van der Waals surface area contributed by atoms with E-state index in [4.69, 9.17) is 4.74 Å². The zero-order valence-corrected chi connectivity index (χ0v) is 16.4. The summed E-state index contributed by atoms with van der Waals surface area (Å²) >= 11 is 0. The Labute approximate surface area is 165 Å². The van der Waals surface area contributed by atoms with Gasteiger partial charge in [-0.2, -0.15) is 0 Å². The minimum Gasteiger partial charge on any atom is -0.465 e. The third-order valence-electron chi connectivity index (χ3n) is 5.07. The average molecular weight is 381 g/mol. The lowest BCUT2D eigenvalue weighted by atomic mass is 9.99. The largest absolute Gasteiger partial charge is 0.465 e. The number of ether oxygens (including phenoxy) is 1. The molecule has 6 nitrogen and oxygen atoms in total. The van der Waals surface area contributed by atoms with Crippen molar-refractivity contribution in [3.05, 3.63) is 54.1 Å². The molecule has 1 amide bonds. The number of hydrogen-bond donors (Lipinski definition) is 2. The number of nitrogens with zero attached hydrogens (tertiary/aromatic N) is 1. The van der Waals surface area contributed by atoms with Crippen LogP contribution in [0.4, 0.5) is 17.1 Å². The van der Waals surface area contributed by atoms with Gasteiger partial charge in [-0.25, -0.2) is 4.79 Å². The van der Waals surface area contributed by atoms with Gasteiger partial charge in [0, 0.05) is 30.2 Å². The maximum atomic E-state index is 12.3. The van der Waals surface area contributed by atoms with Crippen molar-refractivity contribution in [2.45, 2.75) is 19.8 Å². The molecule has 0 aliphatic carbocycles. The van der Waals surface area contributed by atoms with Crippen molar-refractivity contribution in [1.82, 2.24) is 0 Å². The predicted octanol–water partition coefficient (Wildman–Crippen LogP) is 3.76. The zero-order chi connectivity index (χ0) is 19.9. The summed E-state index contributed by atoms with van der Waals surface area (Å²) in [5, 5.41) is 5.87. The van der Waals surface area contributed by atoms with Gasteiger partial charge in [0.2, 0.25) is 5.91 Å². The molecule has 0 saturated carbocycles. The van der Waals surface area contributed by atoms with Crippen LogP contribution >= 0.6 is 0 Å². The summed E-state index contributed by atoms with van der Waals surface area (Å²) in [6, 6.07) is 14.9. The number of carbonyl (C=O) groups is 2. The molecule has 0 bridgehead atoms. The quantitative estimate of drug-likeness (QED) is 0.746. The van der Waals surface area contributed by atoms with Gasteiger partial charge >= 0.3 is 5.97 Å². The van der Waals surface area contributed by atoms with Crippen LogP contribution in [0.3, 0.4) is 0 Å². The van der Waals surface area contributed by atoms with Crippen molar-refractivity contribution < 1.29 is 14.3 Å². The Bertz CT molecular complexity index is 812. The highest BCUT2D eigenvalue weighted by molar-refractivity contribution is 5.98. The first-order chi connectivity index (χ1) is 13.6. The van der Waals surface area contributed by atoms with E-state index in [9.17, 15) is 9.59 Å². The van der Waals surface area contributed by atoms with E-state index < -0.39 is 5.97 Å². The van der Waals surface area contributed by atoms with Gasteiger partial charge in [0.1, 0.15) is 0 Å². The number of benzene rings is 2. The van der Waals surface area contributed by atoms with Crippen molar-refractivity contribution in [3.63, 3.8) is 0 Å². The van der Waals surface area contributed by atoms with Crippen LogP contribution in [0.15, 0.2) is 48.5 Å². The molecule has 1 saturated heterocycles. The molecule has 2 aromatic rings. The smallest absolute Gasteiger partial charge is 0.339 e. The van der Waals surface area contributed by atoms with Crippen molar-refractivity contribution in [3.8, 4) is 0 Å². The maximum Gasteiger partial charge on any atom is 0.339 e. The van der Waals surface area contributed by atoms with E-state index in [1.165, 1.54) is 25.6 Å². The van der Waals surface area contributed by atoms with E-state index >= 15 is 0 Å². The molecule has 0 radical (unpaired) electrons. The van der Waals surface area contributed by atoms with E-state index in [-0.39, 0.29) is 12.5 Å². The van der Waals surface area contributed by atoms with Gasteiger partial charge in [-0.05, 0) is 55.2 Å². The third kappa shape index (κ3) is 5.03. The molecule has 0 unspecified atom stereocenters. The van der Waals surface area contributed by atoms with E-state index in [1.54, 1.807) is 24.3 Å². The molecule has 0 atom stereocenters. The Hall–Kier alpha value is -3.02. The van der Waals surface area contributed by atoms with Crippen LogP contribution in [0.2, 0.25) is 0 Å². The van der Waals surface area contributed by atoms with Crippen molar-refractivity contribution in [1.29, 1.82) is 0 Å². The molecule has 1 fully saturated rings. The van der Waals surface area contributed by atoms with Gasteiger partial charge in [-0.1, -0.05) is 19.1 Å². The number of piperidine rings is 1. The first-order valence-electron chi connectivity index (χ1n) is 9.63. The Morgan fingerprint density at radius 1 is 1.07 bits per heavy atom. The first-order valence-corrected chi connectivity index (χ1v) is 9.63. The molecule has 28 heavy (non-hydrogen) atoms. The van der Waals surface area contributed by atoms with Crippen molar-refractivity contribution in [2.75, 3.05) is 42.3 Å². The first kappa shape index (κ1) is 19.7. The molecule has 1 aliphatic heterocycles. The lowest BCUT2D eigenvalue weighted by Gasteiger charge is -2.32. The molecule has 0 spiro atoms. The minimum atomic E-state index is -0.439. The lowest BCUT2D eigenvalue weighted by Crippen LogP contribution is -2.32. The second kappa shape index (κ2) is 9.26. The second-order valence-electron chi connectivity index (χ2n) is 7.16. The number of nitrogens with one attached hydrogen (secondary N) is 2. The summed E-state index contributed by atoms with van der Waals surface area (Å²) in [5.41, 5.74) is 2.91.